The molecule has 1 aromatic carbocycles. The third-order valence-corrected chi connectivity index (χ3v) is 3.32. The van der Waals surface area contributed by atoms with E-state index in [4.69, 9.17) is 10.5 Å². The minimum atomic E-state index is -0.198. The highest BCUT2D eigenvalue weighted by Crippen LogP contribution is 2.26. The summed E-state index contributed by atoms with van der Waals surface area (Å²) in [6, 6.07) is 5.10. The molecule has 17 heavy (non-hydrogen) atoms. The van der Waals surface area contributed by atoms with Crippen LogP contribution in [0.3, 0.4) is 0 Å². The van der Waals surface area contributed by atoms with E-state index in [0.717, 1.165) is 25.1 Å². The van der Waals surface area contributed by atoms with E-state index in [1.54, 1.807) is 7.11 Å². The Kier molecular flexibility index (Phi) is 3.64. The molecule has 0 aliphatic carbocycles. The van der Waals surface area contributed by atoms with Crippen molar-refractivity contribution in [2.24, 2.45) is 5.73 Å². The van der Waals surface area contributed by atoms with Gasteiger partial charge in [0.15, 0.2) is 0 Å². The zero-order valence-corrected chi connectivity index (χ0v) is 10.3. The lowest BCUT2D eigenvalue weighted by Gasteiger charge is -2.20. The predicted octanol–water partition coefficient (Wildman–Crippen LogP) is 2.07. The number of halogens is 1. The smallest absolute Gasteiger partial charge is 0.146 e. The van der Waals surface area contributed by atoms with Gasteiger partial charge in [-0.05, 0) is 31.0 Å². The average molecular weight is 238 g/mol. The quantitative estimate of drug-likeness (QED) is 0.876. The minimum absolute atomic E-state index is 0.135. The molecule has 94 valence electrons. The van der Waals surface area contributed by atoms with E-state index in [1.165, 1.54) is 6.07 Å². The molecule has 1 heterocycles. The molecule has 1 unspecified atom stereocenters. The standard InChI is InChI=1S/C13H19FN2O/c1-9(15)10-3-4-13(12(14)7-10)16-6-5-11(8-16)17-2/h3-4,7,9,11H,5-6,8,15H2,1-2H3/t9-,11?/m1/s1. The highest BCUT2D eigenvalue weighted by atomic mass is 19.1. The first-order valence-electron chi connectivity index (χ1n) is 5.94. The summed E-state index contributed by atoms with van der Waals surface area (Å²) < 4.78 is 19.2. The molecule has 2 atom stereocenters. The molecule has 1 aromatic rings. The Morgan fingerprint density at radius 2 is 2.29 bits per heavy atom. The van der Waals surface area contributed by atoms with Gasteiger partial charge < -0.3 is 15.4 Å². The zero-order chi connectivity index (χ0) is 12.4. The van der Waals surface area contributed by atoms with Crippen LogP contribution in [0.25, 0.3) is 0 Å². The summed E-state index contributed by atoms with van der Waals surface area (Å²) in [6.45, 7) is 3.45. The molecule has 2 rings (SSSR count). The molecular weight excluding hydrogens is 219 g/mol. The normalized spacial score (nSPS) is 21.9. The summed E-state index contributed by atoms with van der Waals surface area (Å²) >= 11 is 0. The second kappa shape index (κ2) is 5.02. The van der Waals surface area contributed by atoms with Crippen molar-refractivity contribution < 1.29 is 9.13 Å². The van der Waals surface area contributed by atoms with Crippen molar-refractivity contribution in [1.29, 1.82) is 0 Å². The highest BCUT2D eigenvalue weighted by Gasteiger charge is 2.24. The van der Waals surface area contributed by atoms with Crippen LogP contribution in [0.5, 0.6) is 0 Å². The Balaban J connectivity index is 2.17. The molecule has 2 N–H and O–H groups in total. The van der Waals surface area contributed by atoms with Gasteiger partial charge >= 0.3 is 0 Å². The highest BCUT2D eigenvalue weighted by molar-refractivity contribution is 5.50. The van der Waals surface area contributed by atoms with Gasteiger partial charge in [-0.2, -0.15) is 0 Å². The monoisotopic (exact) mass is 238 g/mol. The van der Waals surface area contributed by atoms with Gasteiger partial charge in [0.2, 0.25) is 0 Å². The molecule has 0 saturated carbocycles. The number of benzene rings is 1. The van der Waals surface area contributed by atoms with Crippen LogP contribution in [0.1, 0.15) is 24.9 Å². The summed E-state index contributed by atoms with van der Waals surface area (Å²) in [6.07, 6.45) is 1.16. The molecule has 3 nitrogen and oxygen atoms in total. The Morgan fingerprint density at radius 3 is 2.82 bits per heavy atom. The van der Waals surface area contributed by atoms with Gasteiger partial charge in [-0.3, -0.25) is 0 Å². The van der Waals surface area contributed by atoms with Crippen molar-refractivity contribution in [3.8, 4) is 0 Å². The maximum Gasteiger partial charge on any atom is 0.146 e. The molecule has 1 fully saturated rings. The Labute approximate surface area is 101 Å². The number of hydrogen-bond acceptors (Lipinski definition) is 3. The van der Waals surface area contributed by atoms with Crippen LogP contribution in [0.15, 0.2) is 18.2 Å². The molecule has 1 aliphatic rings. The van der Waals surface area contributed by atoms with E-state index in [0.29, 0.717) is 5.69 Å². The first-order chi connectivity index (χ1) is 8.11. The second-order valence-corrected chi connectivity index (χ2v) is 4.59. The van der Waals surface area contributed by atoms with Crippen LogP contribution in [-0.4, -0.2) is 26.3 Å². The fraction of sp³-hybridized carbons (Fsp3) is 0.538. The second-order valence-electron chi connectivity index (χ2n) is 4.59. The number of methoxy groups -OCH3 is 1. The maximum absolute atomic E-state index is 14.0. The van der Waals surface area contributed by atoms with E-state index < -0.39 is 0 Å². The van der Waals surface area contributed by atoms with E-state index in [1.807, 2.05) is 24.0 Å². The average Bonchev–Trinajstić information content (AvgIpc) is 2.77. The first-order valence-corrected chi connectivity index (χ1v) is 5.94. The summed E-state index contributed by atoms with van der Waals surface area (Å²) in [5, 5.41) is 0. The fourth-order valence-corrected chi connectivity index (χ4v) is 2.20. The van der Waals surface area contributed by atoms with Crippen LogP contribution in [0, 0.1) is 5.82 Å². The van der Waals surface area contributed by atoms with E-state index in [2.05, 4.69) is 0 Å². The van der Waals surface area contributed by atoms with Crippen molar-refractivity contribution >= 4 is 5.69 Å². The summed E-state index contributed by atoms with van der Waals surface area (Å²) in [5.41, 5.74) is 7.20. The molecule has 4 heteroatoms. The molecule has 1 aliphatic heterocycles. The number of nitrogens with two attached hydrogens (primary N) is 1. The van der Waals surface area contributed by atoms with Gasteiger partial charge in [0.05, 0.1) is 11.8 Å². The van der Waals surface area contributed by atoms with Gasteiger partial charge in [0.25, 0.3) is 0 Å². The van der Waals surface area contributed by atoms with Crippen molar-refractivity contribution in [3.63, 3.8) is 0 Å². The van der Waals surface area contributed by atoms with Crippen molar-refractivity contribution in [3.05, 3.63) is 29.6 Å². The molecule has 0 spiro atoms. The lowest BCUT2D eigenvalue weighted by Crippen LogP contribution is -2.23. The van der Waals surface area contributed by atoms with Gasteiger partial charge in [-0.25, -0.2) is 4.39 Å². The van der Waals surface area contributed by atoms with E-state index >= 15 is 0 Å². The first kappa shape index (κ1) is 12.3. The topological polar surface area (TPSA) is 38.5 Å². The zero-order valence-electron chi connectivity index (χ0n) is 10.3. The maximum atomic E-state index is 14.0. The SMILES string of the molecule is COC1CCN(c2ccc([C@@H](C)N)cc2F)C1. The summed E-state index contributed by atoms with van der Waals surface area (Å²) in [5.74, 6) is -0.198. The summed E-state index contributed by atoms with van der Waals surface area (Å²) in [7, 11) is 1.70. The lowest BCUT2D eigenvalue weighted by atomic mass is 10.1. The Bertz CT molecular complexity index is 395. The van der Waals surface area contributed by atoms with Crippen LogP contribution in [0.2, 0.25) is 0 Å². The molecule has 0 aromatic heterocycles. The van der Waals surface area contributed by atoms with E-state index in [-0.39, 0.29) is 18.0 Å². The molecular formula is C13H19FN2O. The third kappa shape index (κ3) is 2.58. The number of anilines is 1. The molecule has 0 bridgehead atoms. The van der Waals surface area contributed by atoms with Crippen molar-refractivity contribution in [2.75, 3.05) is 25.1 Å². The van der Waals surface area contributed by atoms with E-state index in [9.17, 15) is 4.39 Å². The largest absolute Gasteiger partial charge is 0.380 e. The van der Waals surface area contributed by atoms with Crippen molar-refractivity contribution in [2.45, 2.75) is 25.5 Å². The minimum Gasteiger partial charge on any atom is -0.380 e. The van der Waals surface area contributed by atoms with Crippen molar-refractivity contribution in [1.82, 2.24) is 0 Å². The summed E-state index contributed by atoms with van der Waals surface area (Å²) in [4.78, 5) is 2.02. The predicted molar refractivity (Wildman–Crippen MR) is 66.6 cm³/mol. The number of ether oxygens (including phenoxy) is 1. The van der Waals surface area contributed by atoms with Gasteiger partial charge in [-0.1, -0.05) is 6.07 Å². The van der Waals surface area contributed by atoms with Crippen LogP contribution in [0.4, 0.5) is 10.1 Å². The van der Waals surface area contributed by atoms with Gasteiger partial charge in [0, 0.05) is 26.2 Å². The van der Waals surface area contributed by atoms with Gasteiger partial charge in [-0.15, -0.1) is 0 Å². The van der Waals surface area contributed by atoms with Crippen LogP contribution in [-0.2, 0) is 4.74 Å². The molecule has 1 saturated heterocycles. The van der Waals surface area contributed by atoms with Crippen LogP contribution < -0.4 is 10.6 Å². The lowest BCUT2D eigenvalue weighted by molar-refractivity contribution is 0.121. The Morgan fingerprint density at radius 1 is 1.53 bits per heavy atom. The van der Waals surface area contributed by atoms with Gasteiger partial charge in [0.1, 0.15) is 5.82 Å². The van der Waals surface area contributed by atoms with Crippen LogP contribution >= 0.6 is 0 Å². The molecule has 0 amide bonds. The number of rotatable bonds is 3. The fourth-order valence-electron chi connectivity index (χ4n) is 2.20. The third-order valence-electron chi connectivity index (χ3n) is 3.32. The number of nitrogens with zero attached hydrogens (tertiary/aromatic N) is 1. The Hall–Kier alpha value is -1.13. The number of hydrogen-bond donors (Lipinski definition) is 1. The molecule has 0 radical (unpaired) electrons.